The molecule has 34 heavy (non-hydrogen) atoms. The zero-order valence-corrected chi connectivity index (χ0v) is 19.1. The standard InChI is InChI=1S/C24H27N7O3/c1-24(2,33)19-14-20(29-28-19)27-23(32)25-17-8-6-16(7-9-17)18-15-31-21(26-18)4-3-5-22(31)30-10-12-34-13-11-30/h3-9,14-15,33H,10-13H2,1-2H3,(H3,25,27,28,29,32). The maximum Gasteiger partial charge on any atom is 0.324 e. The molecule has 4 N–H and O–H groups in total. The maximum absolute atomic E-state index is 12.3. The molecule has 0 atom stereocenters. The van der Waals surface area contributed by atoms with E-state index in [1.807, 2.05) is 42.6 Å². The first-order valence-electron chi connectivity index (χ1n) is 11.1. The molecule has 1 fully saturated rings. The van der Waals surface area contributed by atoms with Crippen molar-refractivity contribution < 1.29 is 14.6 Å². The molecule has 5 rings (SSSR count). The molecule has 1 aliphatic rings. The Hall–Kier alpha value is -3.89. The number of imidazole rings is 1. The number of morpholine rings is 1. The van der Waals surface area contributed by atoms with Gasteiger partial charge in [-0.2, -0.15) is 5.10 Å². The molecule has 0 aliphatic carbocycles. The van der Waals surface area contributed by atoms with Crippen LogP contribution in [0.3, 0.4) is 0 Å². The van der Waals surface area contributed by atoms with E-state index in [0.29, 0.717) is 17.2 Å². The van der Waals surface area contributed by atoms with E-state index in [9.17, 15) is 9.90 Å². The summed E-state index contributed by atoms with van der Waals surface area (Å²) in [6.45, 7) is 6.41. The minimum atomic E-state index is -1.09. The Balaban J connectivity index is 1.28. The number of ether oxygens (including phenoxy) is 1. The van der Waals surface area contributed by atoms with Crippen LogP contribution < -0.4 is 15.5 Å². The fourth-order valence-electron chi connectivity index (χ4n) is 3.89. The second kappa shape index (κ2) is 8.81. The SMILES string of the molecule is CC(C)(O)c1cc(NC(=O)Nc2ccc(-c3cn4c(N5CCOCC5)cccc4n3)cc2)[nH]n1. The molecule has 4 heterocycles. The largest absolute Gasteiger partial charge is 0.384 e. The van der Waals surface area contributed by atoms with Crippen LogP contribution >= 0.6 is 0 Å². The fraction of sp³-hybridized carbons (Fsp3) is 0.292. The number of anilines is 3. The molecule has 2 amide bonds. The highest BCUT2D eigenvalue weighted by Gasteiger charge is 2.20. The number of hydrogen-bond acceptors (Lipinski definition) is 6. The molecule has 0 radical (unpaired) electrons. The quantitative estimate of drug-likeness (QED) is 0.361. The number of urea groups is 1. The van der Waals surface area contributed by atoms with Crippen LogP contribution in [-0.2, 0) is 10.3 Å². The zero-order chi connectivity index (χ0) is 23.7. The van der Waals surface area contributed by atoms with E-state index in [1.165, 1.54) is 0 Å². The fourth-order valence-corrected chi connectivity index (χ4v) is 3.89. The van der Waals surface area contributed by atoms with Crippen molar-refractivity contribution in [2.45, 2.75) is 19.4 Å². The van der Waals surface area contributed by atoms with E-state index in [1.54, 1.807) is 19.9 Å². The van der Waals surface area contributed by atoms with Crippen LogP contribution in [0.15, 0.2) is 54.7 Å². The summed E-state index contributed by atoms with van der Waals surface area (Å²) in [5, 5.41) is 22.2. The lowest BCUT2D eigenvalue weighted by molar-refractivity contribution is 0.0738. The van der Waals surface area contributed by atoms with Crippen LogP contribution in [0.2, 0.25) is 0 Å². The molecular formula is C24H27N7O3. The molecule has 1 saturated heterocycles. The van der Waals surface area contributed by atoms with Crippen molar-refractivity contribution in [3.63, 3.8) is 0 Å². The second-order valence-corrected chi connectivity index (χ2v) is 8.72. The normalized spacial score (nSPS) is 14.4. The third kappa shape index (κ3) is 4.59. The Kier molecular flexibility index (Phi) is 5.68. The number of hydrogen-bond donors (Lipinski definition) is 4. The van der Waals surface area contributed by atoms with Gasteiger partial charge in [-0.25, -0.2) is 9.78 Å². The monoisotopic (exact) mass is 461 g/mol. The molecule has 1 aromatic carbocycles. The summed E-state index contributed by atoms with van der Waals surface area (Å²) in [5.74, 6) is 1.49. The summed E-state index contributed by atoms with van der Waals surface area (Å²) >= 11 is 0. The number of carbonyl (C=O) groups excluding carboxylic acids is 1. The second-order valence-electron chi connectivity index (χ2n) is 8.72. The topological polar surface area (TPSA) is 120 Å². The molecule has 176 valence electrons. The number of amides is 2. The third-order valence-corrected chi connectivity index (χ3v) is 5.70. The molecule has 1 aliphatic heterocycles. The number of aromatic amines is 1. The van der Waals surface area contributed by atoms with Gasteiger partial charge in [-0.1, -0.05) is 18.2 Å². The van der Waals surface area contributed by atoms with E-state index in [0.717, 1.165) is 49.0 Å². The average Bonchev–Trinajstić information content (AvgIpc) is 3.47. The summed E-state index contributed by atoms with van der Waals surface area (Å²) in [7, 11) is 0. The first-order valence-corrected chi connectivity index (χ1v) is 11.1. The Bertz CT molecular complexity index is 1300. The van der Waals surface area contributed by atoms with Gasteiger partial charge in [0.15, 0.2) is 0 Å². The van der Waals surface area contributed by atoms with Crippen molar-refractivity contribution in [2.24, 2.45) is 0 Å². The van der Waals surface area contributed by atoms with Gasteiger partial charge in [0.05, 0.1) is 24.6 Å². The van der Waals surface area contributed by atoms with Crippen molar-refractivity contribution in [3.05, 3.63) is 60.4 Å². The van der Waals surface area contributed by atoms with Crippen molar-refractivity contribution in [3.8, 4) is 11.3 Å². The van der Waals surface area contributed by atoms with Gasteiger partial charge in [-0.05, 0) is 38.1 Å². The van der Waals surface area contributed by atoms with Crippen LogP contribution in [0, 0.1) is 0 Å². The molecule has 10 heteroatoms. The van der Waals surface area contributed by atoms with E-state index in [2.05, 4.69) is 36.2 Å². The molecule has 10 nitrogen and oxygen atoms in total. The number of nitrogens with zero attached hydrogens (tertiary/aromatic N) is 4. The first-order chi connectivity index (χ1) is 16.4. The third-order valence-electron chi connectivity index (χ3n) is 5.70. The van der Waals surface area contributed by atoms with Gasteiger partial charge in [0.1, 0.15) is 22.9 Å². The lowest BCUT2D eigenvalue weighted by Gasteiger charge is -2.29. The van der Waals surface area contributed by atoms with Gasteiger partial charge in [-0.3, -0.25) is 14.8 Å². The molecular weight excluding hydrogens is 434 g/mol. The smallest absolute Gasteiger partial charge is 0.324 e. The van der Waals surface area contributed by atoms with Gasteiger partial charge >= 0.3 is 6.03 Å². The van der Waals surface area contributed by atoms with Gasteiger partial charge in [-0.15, -0.1) is 0 Å². The van der Waals surface area contributed by atoms with Crippen LogP contribution in [0.1, 0.15) is 19.5 Å². The van der Waals surface area contributed by atoms with E-state index >= 15 is 0 Å². The molecule has 0 saturated carbocycles. The summed E-state index contributed by atoms with van der Waals surface area (Å²) in [4.78, 5) is 19.4. The van der Waals surface area contributed by atoms with E-state index in [-0.39, 0.29) is 0 Å². The van der Waals surface area contributed by atoms with Gasteiger partial charge < -0.3 is 20.1 Å². The summed E-state index contributed by atoms with van der Waals surface area (Å²) in [6.07, 6.45) is 2.04. The number of carbonyl (C=O) groups is 1. The van der Waals surface area contributed by atoms with Crippen LogP contribution in [-0.4, -0.2) is 57.0 Å². The number of aliphatic hydroxyl groups is 1. The highest BCUT2D eigenvalue weighted by Crippen LogP contribution is 2.25. The highest BCUT2D eigenvalue weighted by molar-refractivity contribution is 5.99. The average molecular weight is 462 g/mol. The summed E-state index contributed by atoms with van der Waals surface area (Å²) in [5.41, 5.74) is 2.67. The molecule has 0 spiro atoms. The van der Waals surface area contributed by atoms with Gasteiger partial charge in [0.25, 0.3) is 0 Å². The lowest BCUT2D eigenvalue weighted by atomic mass is 10.1. The molecule has 0 bridgehead atoms. The van der Waals surface area contributed by atoms with E-state index < -0.39 is 11.6 Å². The summed E-state index contributed by atoms with van der Waals surface area (Å²) in [6, 6.07) is 14.8. The minimum absolute atomic E-state index is 0.395. The van der Waals surface area contributed by atoms with Crippen LogP contribution in [0.4, 0.5) is 22.1 Å². The number of nitrogens with one attached hydrogen (secondary N) is 3. The van der Waals surface area contributed by atoms with Crippen molar-refractivity contribution in [2.75, 3.05) is 41.8 Å². The number of rotatable bonds is 5. The summed E-state index contributed by atoms with van der Waals surface area (Å²) < 4.78 is 7.58. The van der Waals surface area contributed by atoms with Crippen LogP contribution in [0.25, 0.3) is 16.9 Å². The van der Waals surface area contributed by atoms with Crippen molar-refractivity contribution in [1.29, 1.82) is 0 Å². The highest BCUT2D eigenvalue weighted by atomic mass is 16.5. The number of H-pyrrole nitrogens is 1. The predicted molar refractivity (Wildman–Crippen MR) is 130 cm³/mol. The molecule has 0 unspecified atom stereocenters. The zero-order valence-electron chi connectivity index (χ0n) is 19.1. The lowest BCUT2D eigenvalue weighted by Crippen LogP contribution is -2.37. The minimum Gasteiger partial charge on any atom is -0.384 e. The Morgan fingerprint density at radius 2 is 1.88 bits per heavy atom. The number of aromatic nitrogens is 4. The van der Waals surface area contributed by atoms with Gasteiger partial charge in [0, 0.05) is 36.6 Å². The van der Waals surface area contributed by atoms with E-state index in [4.69, 9.17) is 9.72 Å². The first kappa shape index (κ1) is 21.9. The van der Waals surface area contributed by atoms with Gasteiger partial charge in [0.2, 0.25) is 0 Å². The number of pyridine rings is 1. The molecule has 4 aromatic rings. The van der Waals surface area contributed by atoms with Crippen molar-refractivity contribution >= 4 is 29.0 Å². The van der Waals surface area contributed by atoms with Crippen molar-refractivity contribution in [1.82, 2.24) is 19.6 Å². The predicted octanol–water partition coefficient (Wildman–Crippen LogP) is 3.43. The Morgan fingerprint density at radius 1 is 1.12 bits per heavy atom. The van der Waals surface area contributed by atoms with Crippen LogP contribution in [0.5, 0.6) is 0 Å². The maximum atomic E-state index is 12.3. The number of benzene rings is 1. The number of fused-ring (bicyclic) bond motifs is 1. The Morgan fingerprint density at radius 3 is 2.59 bits per heavy atom. The Labute approximate surface area is 196 Å². The molecule has 3 aromatic heterocycles.